The van der Waals surface area contributed by atoms with Crippen LogP contribution < -0.4 is 0 Å². The molecule has 1 aromatic heterocycles. The molecule has 0 aliphatic heterocycles. The zero-order chi connectivity index (χ0) is 5.82. The fraction of sp³-hybridized carbons (Fsp3) is 0. The van der Waals surface area contributed by atoms with Gasteiger partial charge in [0, 0.05) is 6.08 Å². The summed E-state index contributed by atoms with van der Waals surface area (Å²) in [6, 6.07) is 0. The molecule has 2 heteroatoms. The average molecular weight is 108 g/mol. The van der Waals surface area contributed by atoms with Crippen LogP contribution in [-0.4, -0.2) is 4.98 Å². The van der Waals surface area contributed by atoms with E-state index in [1.807, 2.05) is 0 Å². The average Bonchev–Trinajstić information content (AvgIpc) is 1.90. The van der Waals surface area contributed by atoms with Crippen molar-refractivity contribution in [1.82, 2.24) is 4.98 Å². The van der Waals surface area contributed by atoms with Crippen molar-refractivity contribution in [2.24, 2.45) is 0 Å². The largest absolute Gasteiger partial charge is 0.370 e. The van der Waals surface area contributed by atoms with Crippen molar-refractivity contribution < 1.29 is 4.42 Å². The minimum Gasteiger partial charge on any atom is -0.246 e. The first-order valence-corrected chi connectivity index (χ1v) is 2.28. The summed E-state index contributed by atoms with van der Waals surface area (Å²) in [7, 11) is 0. The SMILES string of the molecule is C=Cc1cncc[o+]1. The van der Waals surface area contributed by atoms with Crippen molar-refractivity contribution >= 4 is 6.08 Å². The van der Waals surface area contributed by atoms with Gasteiger partial charge in [-0.1, -0.05) is 6.58 Å². The molecule has 0 aliphatic carbocycles. The summed E-state index contributed by atoms with van der Waals surface area (Å²) in [6.07, 6.45) is 6.30. The van der Waals surface area contributed by atoms with Crippen molar-refractivity contribution in [2.45, 2.75) is 0 Å². The van der Waals surface area contributed by atoms with Crippen LogP contribution in [0.1, 0.15) is 5.76 Å². The second-order valence-electron chi connectivity index (χ2n) is 1.29. The first-order valence-electron chi connectivity index (χ1n) is 2.28. The van der Waals surface area contributed by atoms with Crippen molar-refractivity contribution in [3.63, 3.8) is 0 Å². The maximum absolute atomic E-state index is 4.90. The van der Waals surface area contributed by atoms with Crippen LogP contribution in [0.3, 0.4) is 0 Å². The predicted octanol–water partition coefficient (Wildman–Crippen LogP) is 1.60. The van der Waals surface area contributed by atoms with Gasteiger partial charge in [0.05, 0.1) is 0 Å². The molecule has 1 aromatic rings. The molecule has 0 aromatic carbocycles. The van der Waals surface area contributed by atoms with E-state index in [0.29, 0.717) is 5.76 Å². The van der Waals surface area contributed by atoms with Crippen LogP contribution in [0.15, 0.2) is 29.7 Å². The van der Waals surface area contributed by atoms with E-state index in [0.717, 1.165) is 0 Å². The molecule has 0 atom stereocenters. The molecule has 8 heavy (non-hydrogen) atoms. The van der Waals surface area contributed by atoms with E-state index in [1.165, 1.54) is 6.26 Å². The van der Waals surface area contributed by atoms with Crippen molar-refractivity contribution in [1.29, 1.82) is 0 Å². The van der Waals surface area contributed by atoms with Crippen LogP contribution in [0.5, 0.6) is 0 Å². The maximum atomic E-state index is 4.90. The molecule has 1 rings (SSSR count). The second kappa shape index (κ2) is 2.21. The van der Waals surface area contributed by atoms with Gasteiger partial charge in [-0.05, 0) is 0 Å². The number of hydrogen-bond acceptors (Lipinski definition) is 1. The van der Waals surface area contributed by atoms with E-state index in [9.17, 15) is 0 Å². The smallest absolute Gasteiger partial charge is 0.246 e. The summed E-state index contributed by atoms with van der Waals surface area (Å²) in [5.74, 6) is 0.688. The molecule has 0 N–H and O–H groups in total. The van der Waals surface area contributed by atoms with Gasteiger partial charge in [0.25, 0.3) is 0 Å². The van der Waals surface area contributed by atoms with E-state index in [-0.39, 0.29) is 0 Å². The third-order valence-corrected chi connectivity index (χ3v) is 0.754. The lowest BCUT2D eigenvalue weighted by molar-refractivity contribution is 0.532. The highest BCUT2D eigenvalue weighted by atomic mass is 16.3. The Labute approximate surface area is 47.5 Å². The molecule has 2 nitrogen and oxygen atoms in total. The van der Waals surface area contributed by atoms with Gasteiger partial charge in [-0.3, -0.25) is 0 Å². The Morgan fingerprint density at radius 2 is 2.62 bits per heavy atom. The van der Waals surface area contributed by atoms with Gasteiger partial charge in [0.15, 0.2) is 0 Å². The summed E-state index contributed by atoms with van der Waals surface area (Å²) in [5.41, 5.74) is 0. The molecule has 0 unspecified atom stereocenters. The van der Waals surface area contributed by atoms with Gasteiger partial charge in [-0.2, -0.15) is 0 Å². The topological polar surface area (TPSA) is 24.2 Å². The Morgan fingerprint density at radius 3 is 3.00 bits per heavy atom. The molecular formula is C6H6NO+. The highest BCUT2D eigenvalue weighted by Gasteiger charge is 1.94. The van der Waals surface area contributed by atoms with E-state index in [2.05, 4.69) is 11.6 Å². The number of nitrogens with zero attached hydrogens (tertiary/aromatic N) is 1. The lowest BCUT2D eigenvalue weighted by Gasteiger charge is -1.70. The first kappa shape index (κ1) is 4.97. The van der Waals surface area contributed by atoms with Gasteiger partial charge in [0.2, 0.25) is 0 Å². The van der Waals surface area contributed by atoms with Gasteiger partial charge in [-0.25, -0.2) is 9.40 Å². The van der Waals surface area contributed by atoms with Crippen molar-refractivity contribution in [3.8, 4) is 0 Å². The Balaban J connectivity index is 2.99. The van der Waals surface area contributed by atoms with Gasteiger partial charge in [0.1, 0.15) is 12.4 Å². The number of rotatable bonds is 1. The predicted molar refractivity (Wildman–Crippen MR) is 31.0 cm³/mol. The molecule has 1 heterocycles. The third-order valence-electron chi connectivity index (χ3n) is 0.754. The van der Waals surface area contributed by atoms with Crippen LogP contribution in [0.4, 0.5) is 0 Å². The van der Waals surface area contributed by atoms with Crippen LogP contribution in [-0.2, 0) is 0 Å². The molecule has 0 aliphatic rings. The minimum absolute atomic E-state index is 0.688. The van der Waals surface area contributed by atoms with Crippen molar-refractivity contribution in [3.05, 3.63) is 31.0 Å². The Kier molecular flexibility index (Phi) is 1.37. The minimum atomic E-state index is 0.688. The lowest BCUT2D eigenvalue weighted by atomic mass is 10.5. The Hall–Kier alpha value is -1.18. The molecule has 40 valence electrons. The molecule has 0 radical (unpaired) electrons. The highest BCUT2D eigenvalue weighted by molar-refractivity contribution is 5.36. The van der Waals surface area contributed by atoms with E-state index in [4.69, 9.17) is 4.42 Å². The molecule has 0 saturated heterocycles. The summed E-state index contributed by atoms with van der Waals surface area (Å²) < 4.78 is 4.90. The Morgan fingerprint density at radius 1 is 1.75 bits per heavy atom. The molecule has 0 saturated carbocycles. The normalized spacial score (nSPS) is 8.50. The zero-order valence-corrected chi connectivity index (χ0v) is 4.37. The standard InChI is InChI=1S/C6H6NO/c1-2-6-5-7-3-4-8-6/h2-5H,1H2/q+1. The van der Waals surface area contributed by atoms with Crippen LogP contribution in [0.2, 0.25) is 0 Å². The van der Waals surface area contributed by atoms with Gasteiger partial charge in [-0.15, -0.1) is 0 Å². The second-order valence-corrected chi connectivity index (χ2v) is 1.29. The van der Waals surface area contributed by atoms with Crippen LogP contribution in [0.25, 0.3) is 6.08 Å². The first-order chi connectivity index (χ1) is 3.93. The van der Waals surface area contributed by atoms with Crippen LogP contribution in [0, 0.1) is 0 Å². The van der Waals surface area contributed by atoms with E-state index < -0.39 is 0 Å². The lowest BCUT2D eigenvalue weighted by Crippen LogP contribution is -1.70. The summed E-state index contributed by atoms with van der Waals surface area (Å²) in [5, 5.41) is 0. The summed E-state index contributed by atoms with van der Waals surface area (Å²) in [4.78, 5) is 3.79. The van der Waals surface area contributed by atoms with E-state index >= 15 is 0 Å². The maximum Gasteiger partial charge on any atom is 0.370 e. The number of hydrogen-bond donors (Lipinski definition) is 0. The van der Waals surface area contributed by atoms with E-state index in [1.54, 1.807) is 18.5 Å². The van der Waals surface area contributed by atoms with Gasteiger partial charge >= 0.3 is 12.0 Å². The molecule has 0 spiro atoms. The van der Waals surface area contributed by atoms with Crippen molar-refractivity contribution in [2.75, 3.05) is 0 Å². The summed E-state index contributed by atoms with van der Waals surface area (Å²) in [6.45, 7) is 3.50. The highest BCUT2D eigenvalue weighted by Crippen LogP contribution is 1.94. The fourth-order valence-corrected chi connectivity index (χ4v) is 0.392. The molecule has 0 amide bonds. The molecule has 0 bridgehead atoms. The van der Waals surface area contributed by atoms with Gasteiger partial charge < -0.3 is 0 Å². The third kappa shape index (κ3) is 0.904. The zero-order valence-electron chi connectivity index (χ0n) is 4.37. The summed E-state index contributed by atoms with van der Waals surface area (Å²) >= 11 is 0. The Bertz CT molecular complexity index is 171. The monoisotopic (exact) mass is 108 g/mol. The van der Waals surface area contributed by atoms with Crippen LogP contribution >= 0.6 is 0 Å². The number of aromatic nitrogens is 1. The fourth-order valence-electron chi connectivity index (χ4n) is 0.392. The quantitative estimate of drug-likeness (QED) is 0.510. The molecule has 0 fully saturated rings. The molecular weight excluding hydrogens is 102 g/mol.